The summed E-state index contributed by atoms with van der Waals surface area (Å²) < 4.78 is 51.7. The predicted molar refractivity (Wildman–Crippen MR) is 236 cm³/mol. The van der Waals surface area contributed by atoms with E-state index in [0.29, 0.717) is 93.6 Å². The first-order valence-corrected chi connectivity index (χ1v) is 21.9. The van der Waals surface area contributed by atoms with E-state index < -0.39 is 0 Å². The number of ether oxygens (including phenoxy) is 9. The summed E-state index contributed by atoms with van der Waals surface area (Å²) in [5.74, 6) is 2.99. The van der Waals surface area contributed by atoms with Crippen LogP contribution < -0.4 is 18.9 Å². The molecule has 6 rings (SSSR count). The Hall–Kier alpha value is -4.94. The van der Waals surface area contributed by atoms with Crippen molar-refractivity contribution in [2.75, 3.05) is 73.7 Å². The SMILES string of the molecule is CCCCOc1cc(-c2ccc(C(=O)OCCc3ccc(CCc4ccc(OCCOC)c(OCCOC)c4)c(C=N)c3)cc2)ccc1OCCCOCC1CCC2OC2C1. The van der Waals surface area contributed by atoms with E-state index in [2.05, 4.69) is 13.0 Å². The van der Waals surface area contributed by atoms with Gasteiger partial charge in [-0.2, -0.15) is 0 Å². The Morgan fingerprint density at radius 1 is 0.656 bits per heavy atom. The maximum absolute atomic E-state index is 13.0. The molecule has 61 heavy (non-hydrogen) atoms. The Balaban J connectivity index is 0.961. The number of benzene rings is 4. The number of methoxy groups -OCH3 is 2. The fourth-order valence-corrected chi connectivity index (χ4v) is 7.47. The van der Waals surface area contributed by atoms with Gasteiger partial charge in [0.2, 0.25) is 0 Å². The Labute approximate surface area is 361 Å². The van der Waals surface area contributed by atoms with Crippen molar-refractivity contribution in [1.29, 1.82) is 5.41 Å². The molecule has 2 aliphatic rings. The number of hydrogen-bond donors (Lipinski definition) is 1. The first kappa shape index (κ1) is 45.6. The first-order chi connectivity index (χ1) is 30.0. The summed E-state index contributed by atoms with van der Waals surface area (Å²) in [5, 5.41) is 8.09. The molecule has 0 aromatic heterocycles. The van der Waals surface area contributed by atoms with Crippen molar-refractivity contribution in [3.8, 4) is 34.1 Å². The number of fused-ring (bicyclic) bond motifs is 1. The number of carbonyl (C=O) groups is 1. The minimum atomic E-state index is -0.378. The van der Waals surface area contributed by atoms with Crippen molar-refractivity contribution in [2.45, 2.75) is 76.9 Å². The summed E-state index contributed by atoms with van der Waals surface area (Å²) in [7, 11) is 3.28. The molecule has 0 amide bonds. The molecule has 1 heterocycles. The predicted octanol–water partition coefficient (Wildman–Crippen LogP) is 9.12. The molecule has 0 radical (unpaired) electrons. The lowest BCUT2D eigenvalue weighted by atomic mass is 9.90. The highest BCUT2D eigenvalue weighted by atomic mass is 16.6. The van der Waals surface area contributed by atoms with E-state index in [9.17, 15) is 4.79 Å². The van der Waals surface area contributed by atoms with Gasteiger partial charge < -0.3 is 48.0 Å². The Kier molecular flexibility index (Phi) is 18.3. The van der Waals surface area contributed by atoms with Gasteiger partial charge in [-0.3, -0.25) is 0 Å². The molecule has 11 heteroatoms. The van der Waals surface area contributed by atoms with Crippen molar-refractivity contribution in [3.05, 3.63) is 107 Å². The number of esters is 1. The zero-order valence-corrected chi connectivity index (χ0v) is 36.1. The molecular weight excluding hydrogens is 775 g/mol. The van der Waals surface area contributed by atoms with Crippen LogP contribution in [0.3, 0.4) is 0 Å². The monoisotopic (exact) mass is 837 g/mol. The zero-order chi connectivity index (χ0) is 42.7. The van der Waals surface area contributed by atoms with Gasteiger partial charge >= 0.3 is 5.97 Å². The number of unbranched alkanes of at least 4 members (excludes halogenated alkanes) is 1. The van der Waals surface area contributed by atoms with Crippen LogP contribution in [0.25, 0.3) is 11.1 Å². The third-order valence-corrected chi connectivity index (χ3v) is 11.1. The van der Waals surface area contributed by atoms with Gasteiger partial charge in [-0.1, -0.05) is 49.7 Å². The zero-order valence-electron chi connectivity index (χ0n) is 36.1. The molecule has 1 aliphatic heterocycles. The van der Waals surface area contributed by atoms with E-state index in [0.717, 1.165) is 84.3 Å². The molecule has 2 fully saturated rings. The first-order valence-electron chi connectivity index (χ1n) is 21.9. The second kappa shape index (κ2) is 24.5. The molecule has 4 aromatic rings. The van der Waals surface area contributed by atoms with Crippen LogP contribution in [0.5, 0.6) is 23.0 Å². The smallest absolute Gasteiger partial charge is 0.338 e. The number of nitrogens with one attached hydrogen (secondary N) is 1. The topological polar surface area (TPSA) is 127 Å². The number of epoxide rings is 1. The summed E-state index contributed by atoms with van der Waals surface area (Å²) in [6.45, 7) is 6.79. The van der Waals surface area contributed by atoms with Crippen LogP contribution in [-0.2, 0) is 42.9 Å². The molecule has 0 spiro atoms. The molecule has 3 atom stereocenters. The van der Waals surface area contributed by atoms with Crippen LogP contribution in [0.1, 0.15) is 78.1 Å². The Morgan fingerprint density at radius 3 is 2.08 bits per heavy atom. The maximum Gasteiger partial charge on any atom is 0.338 e. The van der Waals surface area contributed by atoms with Gasteiger partial charge in [0.05, 0.1) is 50.8 Å². The molecule has 0 bridgehead atoms. The van der Waals surface area contributed by atoms with Crippen molar-refractivity contribution < 1.29 is 47.4 Å². The van der Waals surface area contributed by atoms with E-state index in [1.807, 2.05) is 60.7 Å². The minimum absolute atomic E-state index is 0.227. The number of rotatable bonds is 28. The highest BCUT2D eigenvalue weighted by Gasteiger charge is 2.43. The summed E-state index contributed by atoms with van der Waals surface area (Å²) in [6, 6.07) is 25.5. The lowest BCUT2D eigenvalue weighted by Crippen LogP contribution is -2.19. The second-order valence-electron chi connectivity index (χ2n) is 15.6. The number of carbonyl (C=O) groups excluding carboxylic acids is 1. The van der Waals surface area contributed by atoms with Crippen LogP contribution in [0.4, 0.5) is 0 Å². The largest absolute Gasteiger partial charge is 0.490 e. The molecule has 1 aliphatic carbocycles. The molecule has 1 N–H and O–H groups in total. The molecule has 11 nitrogen and oxygen atoms in total. The van der Waals surface area contributed by atoms with Gasteiger partial charge in [-0.25, -0.2) is 4.79 Å². The van der Waals surface area contributed by atoms with Gasteiger partial charge in [-0.15, -0.1) is 0 Å². The second-order valence-corrected chi connectivity index (χ2v) is 15.6. The summed E-state index contributed by atoms with van der Waals surface area (Å²) >= 11 is 0. The Morgan fingerprint density at radius 2 is 1.33 bits per heavy atom. The summed E-state index contributed by atoms with van der Waals surface area (Å²) in [4.78, 5) is 13.0. The number of aryl methyl sites for hydroxylation is 2. The molecular formula is C50H63NO10. The molecule has 4 aromatic carbocycles. The van der Waals surface area contributed by atoms with Crippen LogP contribution in [0, 0.1) is 11.3 Å². The van der Waals surface area contributed by atoms with Gasteiger partial charge in [0.25, 0.3) is 0 Å². The van der Waals surface area contributed by atoms with Gasteiger partial charge in [0.1, 0.15) is 13.2 Å². The molecule has 1 saturated heterocycles. The highest BCUT2D eigenvalue weighted by molar-refractivity contribution is 5.90. The third kappa shape index (κ3) is 14.3. The van der Waals surface area contributed by atoms with Crippen LogP contribution in [0.15, 0.2) is 78.9 Å². The minimum Gasteiger partial charge on any atom is -0.490 e. The van der Waals surface area contributed by atoms with E-state index >= 15 is 0 Å². The van der Waals surface area contributed by atoms with E-state index in [1.54, 1.807) is 26.4 Å². The lowest BCUT2D eigenvalue weighted by molar-refractivity contribution is 0.0509. The highest BCUT2D eigenvalue weighted by Crippen LogP contribution is 2.39. The van der Waals surface area contributed by atoms with Crippen LogP contribution >= 0.6 is 0 Å². The average molecular weight is 838 g/mol. The Bertz CT molecular complexity index is 1970. The fourth-order valence-electron chi connectivity index (χ4n) is 7.47. The van der Waals surface area contributed by atoms with Crippen LogP contribution in [0.2, 0.25) is 0 Å². The van der Waals surface area contributed by atoms with E-state index in [1.165, 1.54) is 19.1 Å². The van der Waals surface area contributed by atoms with Crippen molar-refractivity contribution >= 4 is 12.2 Å². The average Bonchev–Trinajstić information content (AvgIpc) is 4.07. The summed E-state index contributed by atoms with van der Waals surface area (Å²) in [5.41, 5.74) is 6.42. The van der Waals surface area contributed by atoms with Gasteiger partial charge in [-0.05, 0) is 120 Å². The third-order valence-electron chi connectivity index (χ3n) is 11.1. The van der Waals surface area contributed by atoms with E-state index in [-0.39, 0.29) is 12.6 Å². The van der Waals surface area contributed by atoms with Crippen LogP contribution in [-0.4, -0.2) is 98.1 Å². The fraction of sp³-hybridized carbons (Fsp3) is 0.480. The van der Waals surface area contributed by atoms with Crippen molar-refractivity contribution in [1.82, 2.24) is 0 Å². The summed E-state index contributed by atoms with van der Waals surface area (Å²) in [6.07, 6.45) is 10.7. The molecule has 328 valence electrons. The van der Waals surface area contributed by atoms with Gasteiger partial charge in [0.15, 0.2) is 23.0 Å². The molecule has 3 unspecified atom stereocenters. The molecule has 1 saturated carbocycles. The lowest BCUT2D eigenvalue weighted by Gasteiger charge is -2.18. The van der Waals surface area contributed by atoms with Crippen molar-refractivity contribution in [3.63, 3.8) is 0 Å². The maximum atomic E-state index is 13.0. The quantitative estimate of drug-likeness (QED) is 0.0256. The van der Waals surface area contributed by atoms with Crippen molar-refractivity contribution in [2.24, 2.45) is 5.92 Å². The standard InChI is InChI=1S/C50H63NO10/c1-4-5-23-57-48-33-42(17-20-45(48)56-24-6-22-55-35-38-10-19-46-49(32-38)61-46)39-13-15-41(16-14-39)50(52)60-25-21-37-8-12-40(43(30-37)34-51)11-7-36-9-18-44(58-28-26-53-2)47(31-36)59-29-27-54-3/h8-9,12-18,20,30-31,33-34,38,46,49,51H,4-7,10-11,19,21-29,32,35H2,1-3H3. The normalized spacial score (nSPS) is 16.7. The number of hydrogen-bond acceptors (Lipinski definition) is 11. The van der Waals surface area contributed by atoms with E-state index in [4.69, 9.17) is 48.0 Å². The van der Waals surface area contributed by atoms with Gasteiger partial charge in [0, 0.05) is 46.5 Å².